The number of fused-ring (bicyclic) bond motifs is 1. The molecule has 0 fully saturated rings. The lowest BCUT2D eigenvalue weighted by atomic mass is 10.3. The second-order valence-electron chi connectivity index (χ2n) is 4.82. The van der Waals surface area contributed by atoms with Crippen molar-refractivity contribution >= 4 is 23.7 Å². The number of nitrogens with zero attached hydrogens (tertiary/aromatic N) is 1. The van der Waals surface area contributed by atoms with E-state index in [2.05, 4.69) is 14.8 Å². The average Bonchev–Trinajstić information content (AvgIpc) is 3.05. The number of carbonyl (C=O) groups excluding carboxylic acids is 3. The molecule has 1 heterocycles. The summed E-state index contributed by atoms with van der Waals surface area (Å²) in [6.07, 6.45) is -0.0396. The molecule has 24 heavy (non-hydrogen) atoms. The summed E-state index contributed by atoms with van der Waals surface area (Å²) >= 11 is 0. The second-order valence-corrected chi connectivity index (χ2v) is 4.82. The van der Waals surface area contributed by atoms with Gasteiger partial charge in [-0.15, -0.1) is 0 Å². The molecule has 0 spiro atoms. The number of nitrogens with one attached hydrogen (secondary N) is 1. The molecule has 0 aromatic heterocycles. The number of hydrogen-bond donors (Lipinski definition) is 1. The Bertz CT molecular complexity index is 632. The van der Waals surface area contributed by atoms with Gasteiger partial charge in [-0.3, -0.25) is 9.59 Å². The molecular formula is C15H18N2O7. The number of carbonyl (C=O) groups is 3. The van der Waals surface area contributed by atoms with Crippen molar-refractivity contribution in [2.75, 3.05) is 39.4 Å². The lowest BCUT2D eigenvalue weighted by Gasteiger charge is -2.21. The molecular weight excluding hydrogens is 320 g/mol. The van der Waals surface area contributed by atoms with Gasteiger partial charge in [0.2, 0.25) is 6.79 Å². The summed E-state index contributed by atoms with van der Waals surface area (Å²) in [5.41, 5.74) is 0.470. The van der Waals surface area contributed by atoms with Crippen molar-refractivity contribution in [2.24, 2.45) is 0 Å². The Kier molecular flexibility index (Phi) is 5.83. The molecule has 0 saturated carbocycles. The minimum atomic E-state index is -0.597. The molecule has 0 aliphatic carbocycles. The van der Waals surface area contributed by atoms with Crippen LogP contribution in [0.5, 0.6) is 11.5 Å². The van der Waals surface area contributed by atoms with Gasteiger partial charge in [-0.1, -0.05) is 0 Å². The summed E-state index contributed by atoms with van der Waals surface area (Å²) in [6, 6.07) is 4.36. The first-order valence-electron chi connectivity index (χ1n) is 7.12. The number of rotatable bonds is 6. The fourth-order valence-corrected chi connectivity index (χ4v) is 1.98. The topological polar surface area (TPSA) is 103 Å². The van der Waals surface area contributed by atoms with E-state index in [1.54, 1.807) is 18.2 Å². The van der Waals surface area contributed by atoms with Crippen LogP contribution in [0.15, 0.2) is 18.2 Å². The van der Waals surface area contributed by atoms with Gasteiger partial charge in [-0.05, 0) is 12.1 Å². The Balaban J connectivity index is 2.02. The maximum absolute atomic E-state index is 12.3. The first-order valence-corrected chi connectivity index (χ1v) is 7.12. The van der Waals surface area contributed by atoms with Gasteiger partial charge in [0.05, 0.1) is 20.6 Å². The SMILES string of the molecule is COC(=O)CCN(CC(=O)OC)C(=O)Nc1ccc2c(c1)OCO2. The van der Waals surface area contributed by atoms with E-state index in [1.807, 2.05) is 0 Å². The van der Waals surface area contributed by atoms with Crippen LogP contribution in [-0.2, 0) is 19.1 Å². The molecule has 2 amide bonds. The summed E-state index contributed by atoms with van der Waals surface area (Å²) in [6.45, 7) is -0.150. The van der Waals surface area contributed by atoms with Gasteiger partial charge in [0, 0.05) is 18.3 Å². The third kappa shape index (κ3) is 4.51. The van der Waals surface area contributed by atoms with Crippen molar-refractivity contribution in [2.45, 2.75) is 6.42 Å². The number of ether oxygens (including phenoxy) is 4. The molecule has 1 aromatic rings. The van der Waals surface area contributed by atoms with Crippen LogP contribution in [0.2, 0.25) is 0 Å². The molecule has 0 radical (unpaired) electrons. The van der Waals surface area contributed by atoms with Gasteiger partial charge in [0.1, 0.15) is 6.54 Å². The number of esters is 2. The Morgan fingerprint density at radius 3 is 2.54 bits per heavy atom. The Hall–Kier alpha value is -2.97. The molecule has 1 aliphatic heterocycles. The van der Waals surface area contributed by atoms with Crippen molar-refractivity contribution in [1.29, 1.82) is 0 Å². The highest BCUT2D eigenvalue weighted by Gasteiger charge is 2.20. The molecule has 0 saturated heterocycles. The second kappa shape index (κ2) is 8.04. The molecule has 9 heteroatoms. The van der Waals surface area contributed by atoms with E-state index in [0.29, 0.717) is 17.2 Å². The zero-order valence-corrected chi connectivity index (χ0v) is 13.4. The van der Waals surface area contributed by atoms with Crippen LogP contribution in [0, 0.1) is 0 Å². The molecule has 2 rings (SSSR count). The molecule has 0 bridgehead atoms. The molecule has 1 aliphatic rings. The maximum atomic E-state index is 12.3. The summed E-state index contributed by atoms with van der Waals surface area (Å²) in [7, 11) is 2.47. The first kappa shape index (κ1) is 17.4. The van der Waals surface area contributed by atoms with Crippen LogP contribution in [0.25, 0.3) is 0 Å². The quantitative estimate of drug-likeness (QED) is 0.771. The maximum Gasteiger partial charge on any atom is 0.325 e. The highest BCUT2D eigenvalue weighted by Crippen LogP contribution is 2.34. The van der Waals surface area contributed by atoms with Crippen molar-refractivity contribution < 1.29 is 33.3 Å². The van der Waals surface area contributed by atoms with E-state index in [-0.39, 0.29) is 26.3 Å². The highest BCUT2D eigenvalue weighted by molar-refractivity contribution is 5.92. The minimum Gasteiger partial charge on any atom is -0.469 e. The predicted molar refractivity (Wildman–Crippen MR) is 81.8 cm³/mol. The zero-order chi connectivity index (χ0) is 17.5. The van der Waals surface area contributed by atoms with Crippen LogP contribution in [-0.4, -0.2) is 57.0 Å². The summed E-state index contributed by atoms with van der Waals surface area (Å²) in [5.74, 6) is 0.0217. The van der Waals surface area contributed by atoms with Crippen LogP contribution in [0.3, 0.4) is 0 Å². The first-order chi connectivity index (χ1) is 11.5. The van der Waals surface area contributed by atoms with E-state index in [0.717, 1.165) is 4.90 Å². The standard InChI is InChI=1S/C15H18N2O7/c1-21-13(18)5-6-17(8-14(19)22-2)15(20)16-10-3-4-11-12(7-10)24-9-23-11/h3-4,7H,5-6,8-9H2,1-2H3,(H,16,20). The number of benzene rings is 1. The number of anilines is 1. The van der Waals surface area contributed by atoms with Crippen LogP contribution >= 0.6 is 0 Å². The van der Waals surface area contributed by atoms with E-state index in [4.69, 9.17) is 9.47 Å². The minimum absolute atomic E-state index is 0.0121. The van der Waals surface area contributed by atoms with Crippen LogP contribution in [0.1, 0.15) is 6.42 Å². The van der Waals surface area contributed by atoms with E-state index in [1.165, 1.54) is 14.2 Å². The van der Waals surface area contributed by atoms with Gasteiger partial charge in [0.15, 0.2) is 11.5 Å². The lowest BCUT2D eigenvalue weighted by molar-refractivity contribution is -0.143. The van der Waals surface area contributed by atoms with Crippen molar-refractivity contribution in [1.82, 2.24) is 4.90 Å². The summed E-state index contributed by atoms with van der Waals surface area (Å²) in [4.78, 5) is 36.2. The number of methoxy groups -OCH3 is 2. The normalized spacial score (nSPS) is 11.6. The Labute approximate surface area is 138 Å². The number of urea groups is 1. The zero-order valence-electron chi connectivity index (χ0n) is 13.4. The molecule has 9 nitrogen and oxygen atoms in total. The van der Waals surface area contributed by atoms with Gasteiger partial charge >= 0.3 is 18.0 Å². The van der Waals surface area contributed by atoms with Gasteiger partial charge < -0.3 is 29.2 Å². The predicted octanol–water partition coefficient (Wildman–Crippen LogP) is 0.985. The van der Waals surface area contributed by atoms with Gasteiger partial charge in [0.25, 0.3) is 0 Å². The molecule has 130 valence electrons. The fourth-order valence-electron chi connectivity index (χ4n) is 1.98. The molecule has 1 aromatic carbocycles. The van der Waals surface area contributed by atoms with E-state index in [9.17, 15) is 14.4 Å². The van der Waals surface area contributed by atoms with Crippen LogP contribution in [0.4, 0.5) is 10.5 Å². The molecule has 0 unspecified atom stereocenters. The van der Waals surface area contributed by atoms with Crippen LogP contribution < -0.4 is 14.8 Å². The largest absolute Gasteiger partial charge is 0.469 e. The highest BCUT2D eigenvalue weighted by atomic mass is 16.7. The number of hydrogen-bond acceptors (Lipinski definition) is 7. The molecule has 0 atom stereocenters. The van der Waals surface area contributed by atoms with Gasteiger partial charge in [-0.25, -0.2) is 4.79 Å². The summed E-state index contributed by atoms with van der Waals surface area (Å²) < 4.78 is 19.5. The smallest absolute Gasteiger partial charge is 0.325 e. The van der Waals surface area contributed by atoms with Gasteiger partial charge in [-0.2, -0.15) is 0 Å². The Morgan fingerprint density at radius 2 is 1.83 bits per heavy atom. The molecule has 1 N–H and O–H groups in total. The number of amides is 2. The average molecular weight is 338 g/mol. The fraction of sp³-hybridized carbons (Fsp3) is 0.400. The third-order valence-corrected chi connectivity index (χ3v) is 3.27. The monoisotopic (exact) mass is 338 g/mol. The Morgan fingerprint density at radius 1 is 1.12 bits per heavy atom. The van der Waals surface area contributed by atoms with Crippen molar-refractivity contribution in [3.8, 4) is 11.5 Å². The lowest BCUT2D eigenvalue weighted by Crippen LogP contribution is -2.40. The summed E-state index contributed by atoms with van der Waals surface area (Å²) in [5, 5.41) is 2.63. The van der Waals surface area contributed by atoms with E-state index < -0.39 is 18.0 Å². The van der Waals surface area contributed by atoms with Crippen molar-refractivity contribution in [3.05, 3.63) is 18.2 Å². The van der Waals surface area contributed by atoms with Crippen molar-refractivity contribution in [3.63, 3.8) is 0 Å². The van der Waals surface area contributed by atoms with E-state index >= 15 is 0 Å². The third-order valence-electron chi connectivity index (χ3n) is 3.27.